The fourth-order valence-electron chi connectivity index (χ4n) is 5.21. The van der Waals surface area contributed by atoms with E-state index in [1.165, 1.54) is 53.4 Å². The summed E-state index contributed by atoms with van der Waals surface area (Å²) in [5.74, 6) is -1.38. The molecule has 236 valence electrons. The molecule has 0 radical (unpaired) electrons. The average molecular weight is 627 g/mol. The number of benzene rings is 3. The van der Waals surface area contributed by atoms with E-state index in [4.69, 9.17) is 5.14 Å². The van der Waals surface area contributed by atoms with Gasteiger partial charge in [-0.25, -0.2) is 27.5 Å². The molecule has 6 nitrogen and oxygen atoms in total. The van der Waals surface area contributed by atoms with Crippen molar-refractivity contribution >= 4 is 22.6 Å². The van der Waals surface area contributed by atoms with Crippen molar-refractivity contribution in [3.05, 3.63) is 113 Å². The third-order valence-electron chi connectivity index (χ3n) is 7.51. The van der Waals surface area contributed by atoms with Crippen molar-refractivity contribution in [1.82, 2.24) is 9.55 Å². The fourth-order valence-corrected chi connectivity index (χ4v) is 5.65. The molecule has 0 spiro atoms. The zero-order valence-electron chi connectivity index (χ0n) is 25.9. The van der Waals surface area contributed by atoms with E-state index in [1.807, 2.05) is 31.7 Å². The first-order chi connectivity index (χ1) is 21.0. The van der Waals surface area contributed by atoms with Gasteiger partial charge in [-0.1, -0.05) is 32.9 Å². The third kappa shape index (κ3) is 9.12. The minimum Gasteiger partial charge on any atom is -0.337 e. The number of nitrogens with zero attached hydrogens (tertiary/aromatic N) is 3. The van der Waals surface area contributed by atoms with Crippen molar-refractivity contribution < 1.29 is 22.2 Å². The van der Waals surface area contributed by atoms with E-state index in [-0.39, 0.29) is 18.2 Å². The molecule has 3 aromatic carbocycles. The van der Waals surface area contributed by atoms with E-state index in [0.29, 0.717) is 17.0 Å². The first-order valence-electron chi connectivity index (χ1n) is 14.8. The van der Waals surface area contributed by atoms with Crippen molar-refractivity contribution in [3.63, 3.8) is 0 Å². The zero-order chi connectivity index (χ0) is 32.4. The quantitative estimate of drug-likeness (QED) is 0.231. The summed E-state index contributed by atoms with van der Waals surface area (Å²) in [7, 11) is 0.323. The normalized spacial score (nSPS) is 13.4. The summed E-state index contributed by atoms with van der Waals surface area (Å²) in [6, 6.07) is 13.1. The van der Waals surface area contributed by atoms with Gasteiger partial charge in [-0.15, -0.1) is 0 Å². The van der Waals surface area contributed by atoms with Crippen LogP contribution in [0, 0.1) is 24.4 Å². The molecule has 1 amide bonds. The molecule has 0 bridgehead atoms. The van der Waals surface area contributed by atoms with Gasteiger partial charge in [0.15, 0.2) is 0 Å². The summed E-state index contributed by atoms with van der Waals surface area (Å²) in [5, 5.41) is 4.99. The van der Waals surface area contributed by atoms with Crippen LogP contribution in [0.25, 0.3) is 0 Å². The number of halogens is 3. The molecule has 1 aromatic heterocycles. The van der Waals surface area contributed by atoms with Crippen LogP contribution >= 0.6 is 0 Å². The van der Waals surface area contributed by atoms with Crippen LogP contribution in [0.15, 0.2) is 71.9 Å². The minimum absolute atomic E-state index is 0.112. The van der Waals surface area contributed by atoms with Crippen molar-refractivity contribution in [2.75, 3.05) is 4.90 Å². The first kappa shape index (κ1) is 34.7. The molecule has 0 saturated heterocycles. The number of anilines is 1. The summed E-state index contributed by atoms with van der Waals surface area (Å²) in [4.78, 5) is 20.0. The number of nitrogens with two attached hydrogens (primary N) is 1. The Kier molecular flexibility index (Phi) is 12.9. The molecule has 5 rings (SSSR count). The van der Waals surface area contributed by atoms with Crippen LogP contribution in [0.4, 0.5) is 18.9 Å². The Morgan fingerprint density at radius 1 is 1.05 bits per heavy atom. The van der Waals surface area contributed by atoms with Crippen LogP contribution in [-0.2, 0) is 42.2 Å². The van der Waals surface area contributed by atoms with Gasteiger partial charge < -0.3 is 9.47 Å². The van der Waals surface area contributed by atoms with Gasteiger partial charge in [0, 0.05) is 37.6 Å². The van der Waals surface area contributed by atoms with Crippen LogP contribution in [0.3, 0.4) is 0 Å². The smallest absolute Gasteiger partial charge is 0.228 e. The molecule has 0 aliphatic heterocycles. The number of imidazole rings is 1. The predicted octanol–water partition coefficient (Wildman–Crippen LogP) is 7.45. The third-order valence-corrected chi connectivity index (χ3v) is 8.23. The Morgan fingerprint density at radius 2 is 1.75 bits per heavy atom. The molecular formula is C34H41F3N4O2S. The molecule has 1 aliphatic carbocycles. The monoisotopic (exact) mass is 626 g/mol. The SMILES string of the molecule is CC.Cc1cc(N(Cc2nccn2C)C(=O)CC(C)c2ccc(F)cc2F)cc2c1CCCC2.NS(=O)c1cccc(F)c1. The molecule has 2 N–H and O–H groups in total. The Balaban J connectivity index is 0.000000372. The topological polar surface area (TPSA) is 81.2 Å². The minimum atomic E-state index is -1.58. The number of hydrogen-bond acceptors (Lipinski definition) is 3. The van der Waals surface area contributed by atoms with Crippen molar-refractivity contribution in [1.29, 1.82) is 0 Å². The summed E-state index contributed by atoms with van der Waals surface area (Å²) in [5.41, 5.74) is 5.10. The number of aromatic nitrogens is 2. The lowest BCUT2D eigenvalue weighted by atomic mass is 9.88. The van der Waals surface area contributed by atoms with Crippen LogP contribution in [0.5, 0.6) is 0 Å². The van der Waals surface area contributed by atoms with Gasteiger partial charge in [-0.05, 0) is 97.2 Å². The Bertz CT molecular complexity index is 1590. The first-order valence-corrected chi connectivity index (χ1v) is 16.0. The molecule has 2 unspecified atom stereocenters. The van der Waals surface area contributed by atoms with Crippen molar-refractivity contribution in [2.45, 2.75) is 77.2 Å². The highest BCUT2D eigenvalue weighted by molar-refractivity contribution is 7.82. The van der Waals surface area contributed by atoms with Gasteiger partial charge in [0.1, 0.15) is 34.3 Å². The van der Waals surface area contributed by atoms with Gasteiger partial charge in [-0.3, -0.25) is 4.79 Å². The number of fused-ring (bicyclic) bond motifs is 1. The lowest BCUT2D eigenvalue weighted by Gasteiger charge is -2.27. The van der Waals surface area contributed by atoms with Crippen LogP contribution in [0.1, 0.15) is 74.0 Å². The Hall–Kier alpha value is -3.76. The predicted molar refractivity (Wildman–Crippen MR) is 170 cm³/mol. The number of amides is 1. The molecule has 0 fully saturated rings. The number of rotatable bonds is 7. The van der Waals surface area contributed by atoms with E-state index in [9.17, 15) is 22.2 Å². The van der Waals surface area contributed by atoms with Crippen LogP contribution < -0.4 is 10.0 Å². The number of carbonyl (C=O) groups excluding carboxylic acids is 1. The highest BCUT2D eigenvalue weighted by atomic mass is 32.2. The molecule has 2 atom stereocenters. The van der Waals surface area contributed by atoms with Gasteiger partial charge in [-0.2, -0.15) is 0 Å². The van der Waals surface area contributed by atoms with E-state index >= 15 is 0 Å². The number of aryl methyl sites for hydroxylation is 3. The van der Waals surface area contributed by atoms with Crippen LogP contribution in [0.2, 0.25) is 0 Å². The summed E-state index contributed by atoms with van der Waals surface area (Å²) < 4.78 is 52.4. The average Bonchev–Trinajstić information content (AvgIpc) is 3.41. The van der Waals surface area contributed by atoms with Gasteiger partial charge in [0.25, 0.3) is 0 Å². The van der Waals surface area contributed by atoms with Gasteiger partial charge in [0.2, 0.25) is 5.91 Å². The van der Waals surface area contributed by atoms with Crippen LogP contribution in [-0.4, -0.2) is 19.7 Å². The van der Waals surface area contributed by atoms with Gasteiger partial charge >= 0.3 is 0 Å². The second kappa shape index (κ2) is 16.4. The van der Waals surface area contributed by atoms with Crippen molar-refractivity contribution in [3.8, 4) is 0 Å². The summed E-state index contributed by atoms with van der Waals surface area (Å²) >= 11 is 0. The Labute approximate surface area is 260 Å². The maximum absolute atomic E-state index is 14.3. The van der Waals surface area contributed by atoms with E-state index < -0.39 is 28.4 Å². The highest BCUT2D eigenvalue weighted by Crippen LogP contribution is 2.32. The van der Waals surface area contributed by atoms with Crippen molar-refractivity contribution in [2.24, 2.45) is 12.2 Å². The second-order valence-corrected chi connectivity index (χ2v) is 11.6. The molecule has 0 saturated carbocycles. The van der Waals surface area contributed by atoms with Gasteiger partial charge in [0.05, 0.1) is 11.4 Å². The summed E-state index contributed by atoms with van der Waals surface area (Å²) in [6.45, 7) is 8.23. The van der Waals surface area contributed by atoms with E-state index in [1.54, 1.807) is 18.0 Å². The standard InChI is InChI=1S/C26H29F2N3O.C6H6FNOS.C2H6/c1-17-12-21(14-19-6-4-5-7-22(17)19)31(16-25-29-10-11-30(25)3)26(32)13-18(2)23-9-8-20(27)15-24(23)28;7-5-2-1-3-6(4-5)10(8)9;1-2/h8-12,14-15,18H,4-7,13,16H2,1-3H3;1-4H,8H2;1-2H3. The molecule has 1 heterocycles. The molecule has 4 aromatic rings. The number of hydrogen-bond donors (Lipinski definition) is 1. The largest absolute Gasteiger partial charge is 0.337 e. The Morgan fingerprint density at radius 3 is 2.36 bits per heavy atom. The van der Waals surface area contributed by atoms with E-state index in [2.05, 4.69) is 24.0 Å². The second-order valence-electron chi connectivity index (χ2n) is 10.6. The summed E-state index contributed by atoms with van der Waals surface area (Å²) in [6.07, 6.45) is 8.14. The molecule has 1 aliphatic rings. The van der Waals surface area contributed by atoms with E-state index in [0.717, 1.165) is 42.9 Å². The highest BCUT2D eigenvalue weighted by Gasteiger charge is 2.24. The molecule has 44 heavy (non-hydrogen) atoms. The zero-order valence-corrected chi connectivity index (χ0v) is 26.8. The number of carbonyl (C=O) groups is 1. The fraction of sp³-hybridized carbons (Fsp3) is 0.353. The lowest BCUT2D eigenvalue weighted by Crippen LogP contribution is -2.32. The molecular weight excluding hydrogens is 585 g/mol. The maximum atomic E-state index is 14.3. The maximum Gasteiger partial charge on any atom is 0.228 e. The lowest BCUT2D eigenvalue weighted by molar-refractivity contribution is -0.119. The molecule has 10 heteroatoms.